The molecule has 2 rings (SSSR count). The summed E-state index contributed by atoms with van der Waals surface area (Å²) < 4.78 is 39.0. The Labute approximate surface area is 147 Å². The van der Waals surface area contributed by atoms with E-state index in [0.29, 0.717) is 34.2 Å². The number of rotatable bonds is 4. The monoisotopic (exact) mass is 385 g/mol. The first-order chi connectivity index (χ1) is 10.8. The summed E-state index contributed by atoms with van der Waals surface area (Å²) in [7, 11) is 0. The van der Waals surface area contributed by atoms with Gasteiger partial charge in [-0.25, -0.2) is 0 Å². The number of nitrogens with one attached hydrogen (secondary N) is 1. The van der Waals surface area contributed by atoms with Gasteiger partial charge >= 0.3 is 6.18 Å². The van der Waals surface area contributed by atoms with Crippen molar-refractivity contribution in [1.29, 1.82) is 0 Å². The van der Waals surface area contributed by atoms with Gasteiger partial charge < -0.3 is 5.32 Å². The lowest BCUT2D eigenvalue weighted by Crippen LogP contribution is -2.48. The molecule has 0 aromatic heterocycles. The third-order valence-corrected chi connectivity index (χ3v) is 5.52. The van der Waals surface area contributed by atoms with Crippen LogP contribution in [-0.2, 0) is 4.79 Å². The predicted octanol–water partition coefficient (Wildman–Crippen LogP) is 5.32. The van der Waals surface area contributed by atoms with E-state index < -0.39 is 24.0 Å². The Morgan fingerprint density at radius 1 is 1.26 bits per heavy atom. The molecule has 1 amide bonds. The maximum absolute atomic E-state index is 13.0. The van der Waals surface area contributed by atoms with Crippen molar-refractivity contribution < 1.29 is 18.0 Å². The van der Waals surface area contributed by atoms with Crippen molar-refractivity contribution in [3.63, 3.8) is 0 Å². The van der Waals surface area contributed by atoms with Crippen LogP contribution in [0.1, 0.15) is 25.7 Å². The lowest BCUT2D eigenvalue weighted by Gasteiger charge is -2.33. The molecule has 1 aromatic carbocycles. The molecule has 0 bridgehead atoms. The number of hydrogen-bond acceptors (Lipinski definition) is 2. The molecule has 0 radical (unpaired) electrons. The average Bonchev–Trinajstić information content (AvgIpc) is 2.47. The molecule has 1 N–H and O–H groups in total. The number of halogens is 5. The number of carbonyl (C=O) groups excluding carboxylic acids is 1. The Bertz CT molecular complexity index is 568. The number of thioether (sulfide) groups is 1. The van der Waals surface area contributed by atoms with E-state index in [-0.39, 0.29) is 12.2 Å². The number of carbonyl (C=O) groups is 1. The van der Waals surface area contributed by atoms with E-state index in [1.807, 2.05) is 0 Å². The van der Waals surface area contributed by atoms with E-state index in [0.717, 1.165) is 11.8 Å². The van der Waals surface area contributed by atoms with Crippen molar-refractivity contribution >= 4 is 40.9 Å². The third-order valence-electron chi connectivity index (χ3n) is 3.78. The van der Waals surface area contributed by atoms with Crippen LogP contribution in [0.2, 0.25) is 10.0 Å². The fraction of sp³-hybridized carbons (Fsp3) is 0.533. The molecule has 2 nitrogen and oxygen atoms in total. The fourth-order valence-electron chi connectivity index (χ4n) is 2.67. The second-order valence-electron chi connectivity index (χ2n) is 5.47. The summed E-state index contributed by atoms with van der Waals surface area (Å²) in [5, 5.41) is 3.47. The lowest BCUT2D eigenvalue weighted by atomic mass is 9.84. The van der Waals surface area contributed by atoms with Gasteiger partial charge in [-0.2, -0.15) is 13.2 Å². The molecule has 1 aliphatic rings. The zero-order valence-electron chi connectivity index (χ0n) is 12.1. The van der Waals surface area contributed by atoms with Crippen LogP contribution in [0.4, 0.5) is 13.2 Å². The van der Waals surface area contributed by atoms with Gasteiger partial charge in [0, 0.05) is 16.0 Å². The van der Waals surface area contributed by atoms with Gasteiger partial charge in [0.1, 0.15) is 0 Å². The van der Waals surface area contributed by atoms with Crippen LogP contribution in [0.15, 0.2) is 23.1 Å². The summed E-state index contributed by atoms with van der Waals surface area (Å²) in [6, 6.07) is 4.03. The van der Waals surface area contributed by atoms with E-state index in [4.69, 9.17) is 23.2 Å². The minimum Gasteiger partial charge on any atom is -0.352 e. The molecule has 1 aromatic rings. The Kier molecular flexibility index (Phi) is 6.51. The van der Waals surface area contributed by atoms with Crippen molar-refractivity contribution in [2.45, 2.75) is 42.8 Å². The summed E-state index contributed by atoms with van der Waals surface area (Å²) in [5.41, 5.74) is 0. The molecule has 128 valence electrons. The highest BCUT2D eigenvalue weighted by Crippen LogP contribution is 2.38. The second kappa shape index (κ2) is 7.99. The number of hydrogen-bond donors (Lipinski definition) is 1. The molecule has 0 saturated heterocycles. The maximum Gasteiger partial charge on any atom is 0.393 e. The summed E-state index contributed by atoms with van der Waals surface area (Å²) >= 11 is 13.0. The molecule has 0 spiro atoms. The summed E-state index contributed by atoms with van der Waals surface area (Å²) in [6.45, 7) is 0. The maximum atomic E-state index is 13.0. The van der Waals surface area contributed by atoms with E-state index in [2.05, 4.69) is 5.32 Å². The summed E-state index contributed by atoms with van der Waals surface area (Å²) in [6.07, 6.45) is -2.60. The molecule has 1 aliphatic carbocycles. The fourth-order valence-corrected chi connectivity index (χ4v) is 3.98. The Morgan fingerprint density at radius 3 is 2.65 bits per heavy atom. The minimum atomic E-state index is -4.28. The van der Waals surface area contributed by atoms with Crippen LogP contribution in [0.25, 0.3) is 0 Å². The van der Waals surface area contributed by atoms with Crippen LogP contribution in [0, 0.1) is 5.92 Å². The van der Waals surface area contributed by atoms with Gasteiger partial charge in [-0.1, -0.05) is 36.0 Å². The summed E-state index contributed by atoms with van der Waals surface area (Å²) in [4.78, 5) is 12.6. The van der Waals surface area contributed by atoms with Gasteiger partial charge in [0.2, 0.25) is 5.91 Å². The highest BCUT2D eigenvalue weighted by molar-refractivity contribution is 8.00. The molecule has 8 heteroatoms. The van der Waals surface area contributed by atoms with E-state index in [1.165, 1.54) is 0 Å². The van der Waals surface area contributed by atoms with Gasteiger partial charge in [-0.3, -0.25) is 4.79 Å². The number of alkyl halides is 3. The first-order valence-corrected chi connectivity index (χ1v) is 8.95. The minimum absolute atomic E-state index is 0.00113. The first kappa shape index (κ1) is 18.7. The molecule has 2 atom stereocenters. The Morgan fingerprint density at radius 2 is 1.96 bits per heavy atom. The van der Waals surface area contributed by atoms with E-state index in [9.17, 15) is 18.0 Å². The third kappa shape index (κ3) is 5.47. The lowest BCUT2D eigenvalue weighted by molar-refractivity contribution is -0.189. The molecule has 1 fully saturated rings. The van der Waals surface area contributed by atoms with E-state index >= 15 is 0 Å². The normalized spacial score (nSPS) is 22.0. The highest BCUT2D eigenvalue weighted by Gasteiger charge is 2.45. The largest absolute Gasteiger partial charge is 0.393 e. The van der Waals surface area contributed by atoms with Gasteiger partial charge in [-0.05, 0) is 31.0 Å². The number of amides is 1. The highest BCUT2D eigenvalue weighted by atomic mass is 35.5. The smallest absolute Gasteiger partial charge is 0.352 e. The number of benzene rings is 1. The SMILES string of the molecule is O=C(CSc1cc(Cl)ccc1Cl)NC1CCCCC1C(F)(F)F. The van der Waals surface area contributed by atoms with Crippen LogP contribution < -0.4 is 5.32 Å². The van der Waals surface area contributed by atoms with Gasteiger partial charge in [0.05, 0.1) is 16.7 Å². The standard InChI is InChI=1S/C15H16Cl2F3NOS/c16-9-5-6-11(17)13(7-9)23-8-14(22)21-12-4-2-1-3-10(12)15(18,19)20/h5-7,10,12H,1-4,8H2,(H,21,22). The van der Waals surface area contributed by atoms with Crippen LogP contribution >= 0.6 is 35.0 Å². The molecule has 0 heterocycles. The van der Waals surface area contributed by atoms with Crippen LogP contribution in [0.5, 0.6) is 0 Å². The molecular weight excluding hydrogens is 370 g/mol. The second-order valence-corrected chi connectivity index (χ2v) is 7.33. The van der Waals surface area contributed by atoms with Crippen molar-refractivity contribution in [3.8, 4) is 0 Å². The zero-order valence-corrected chi connectivity index (χ0v) is 14.5. The quantitative estimate of drug-likeness (QED) is 0.710. The van der Waals surface area contributed by atoms with Crippen LogP contribution in [0.3, 0.4) is 0 Å². The van der Waals surface area contributed by atoms with Crippen LogP contribution in [-0.4, -0.2) is 23.9 Å². The Balaban J connectivity index is 1.92. The molecule has 1 saturated carbocycles. The topological polar surface area (TPSA) is 29.1 Å². The molecule has 2 unspecified atom stereocenters. The Hall–Kier alpha value is -0.590. The van der Waals surface area contributed by atoms with Crippen molar-refractivity contribution in [2.75, 3.05) is 5.75 Å². The zero-order chi connectivity index (χ0) is 17.0. The molecular formula is C15H16Cl2F3NOS. The average molecular weight is 386 g/mol. The van der Waals surface area contributed by atoms with Gasteiger partial charge in [0.15, 0.2) is 0 Å². The van der Waals surface area contributed by atoms with Gasteiger partial charge in [0.25, 0.3) is 0 Å². The van der Waals surface area contributed by atoms with Crippen molar-refractivity contribution in [1.82, 2.24) is 5.32 Å². The first-order valence-electron chi connectivity index (χ1n) is 7.21. The predicted molar refractivity (Wildman–Crippen MR) is 87.1 cm³/mol. The van der Waals surface area contributed by atoms with Gasteiger partial charge in [-0.15, -0.1) is 11.8 Å². The van der Waals surface area contributed by atoms with Crippen molar-refractivity contribution in [3.05, 3.63) is 28.2 Å². The summed E-state index contributed by atoms with van der Waals surface area (Å²) in [5.74, 6) is -1.88. The van der Waals surface area contributed by atoms with E-state index in [1.54, 1.807) is 18.2 Å². The van der Waals surface area contributed by atoms with Crippen molar-refractivity contribution in [2.24, 2.45) is 5.92 Å². The molecule has 0 aliphatic heterocycles. The molecule has 23 heavy (non-hydrogen) atoms.